The number of carbonyl (C=O) groups excluding carboxylic acids is 1. The number of aromatic nitrogens is 2. The van der Waals surface area contributed by atoms with Gasteiger partial charge in [0.05, 0.1) is 0 Å². The largest absolute Gasteiger partial charge is 0.338 e. The summed E-state index contributed by atoms with van der Waals surface area (Å²) in [5.74, 6) is 0. The second kappa shape index (κ2) is 6.70. The van der Waals surface area contributed by atoms with Crippen LogP contribution in [0.15, 0.2) is 36.7 Å². The second-order valence-corrected chi connectivity index (χ2v) is 4.50. The lowest BCUT2D eigenvalue weighted by Crippen LogP contribution is -2.29. The predicted octanol–water partition coefficient (Wildman–Crippen LogP) is 2.29. The Hall–Kier alpha value is -1.95. The molecule has 0 spiro atoms. The molecule has 18 heavy (non-hydrogen) atoms. The lowest BCUT2D eigenvalue weighted by molar-refractivity contribution is 0.252. The molecule has 0 aliphatic rings. The molecule has 0 radical (unpaired) electrons. The molecule has 6 heteroatoms. The van der Waals surface area contributed by atoms with E-state index in [1.807, 2.05) is 18.2 Å². The summed E-state index contributed by atoms with van der Waals surface area (Å²) in [5, 5.41) is 5.91. The molecule has 1 heterocycles. The zero-order valence-electron chi connectivity index (χ0n) is 9.80. The third-order valence-corrected chi connectivity index (χ3v) is 2.93. The van der Waals surface area contributed by atoms with Crippen LogP contribution in [0.5, 0.6) is 0 Å². The fourth-order valence-electron chi connectivity index (χ4n) is 1.51. The van der Waals surface area contributed by atoms with Crippen molar-refractivity contribution in [2.45, 2.75) is 12.8 Å². The first-order chi connectivity index (χ1) is 8.84. The fourth-order valence-corrected chi connectivity index (χ4v) is 1.94. The van der Waals surface area contributed by atoms with E-state index in [9.17, 15) is 4.79 Å². The Balaban J connectivity index is 1.62. The van der Waals surface area contributed by atoms with Crippen molar-refractivity contribution in [3.8, 4) is 0 Å². The van der Waals surface area contributed by atoms with Gasteiger partial charge in [-0.1, -0.05) is 30.3 Å². The van der Waals surface area contributed by atoms with Crippen molar-refractivity contribution >= 4 is 22.7 Å². The van der Waals surface area contributed by atoms with Crippen LogP contribution < -0.4 is 10.6 Å². The molecule has 1 aromatic carbocycles. The fraction of sp³-hybridized carbons (Fsp3) is 0.250. The molecule has 0 atom stereocenters. The smallest absolute Gasteiger partial charge is 0.321 e. The first-order valence-electron chi connectivity index (χ1n) is 5.70. The standard InChI is InChI=1S/C12H14N4OS/c17-11(16-12-14-9-15-18-12)13-8-4-7-10-5-2-1-3-6-10/h1-3,5-6,9H,4,7-8H2,(H2,13,14,15,16,17). The zero-order valence-corrected chi connectivity index (χ0v) is 10.6. The van der Waals surface area contributed by atoms with Crippen LogP contribution in [0, 0.1) is 0 Å². The monoisotopic (exact) mass is 262 g/mol. The van der Waals surface area contributed by atoms with Crippen molar-refractivity contribution in [1.82, 2.24) is 14.7 Å². The lowest BCUT2D eigenvalue weighted by atomic mass is 10.1. The van der Waals surface area contributed by atoms with Gasteiger partial charge in [0.1, 0.15) is 6.33 Å². The zero-order chi connectivity index (χ0) is 12.6. The highest BCUT2D eigenvalue weighted by Crippen LogP contribution is 2.05. The SMILES string of the molecule is O=C(NCCCc1ccccc1)Nc1ncns1. The Kier molecular flexibility index (Phi) is 4.66. The molecular formula is C12H14N4OS. The van der Waals surface area contributed by atoms with Crippen molar-refractivity contribution in [3.63, 3.8) is 0 Å². The van der Waals surface area contributed by atoms with Crippen LogP contribution in [0.1, 0.15) is 12.0 Å². The van der Waals surface area contributed by atoms with Crippen LogP contribution in [0.25, 0.3) is 0 Å². The maximum Gasteiger partial charge on any atom is 0.321 e. The highest BCUT2D eigenvalue weighted by atomic mass is 32.1. The number of nitrogens with one attached hydrogen (secondary N) is 2. The van der Waals surface area contributed by atoms with E-state index in [1.165, 1.54) is 11.9 Å². The third kappa shape index (κ3) is 4.14. The first kappa shape index (κ1) is 12.5. The Bertz CT molecular complexity index is 472. The van der Waals surface area contributed by atoms with Gasteiger partial charge < -0.3 is 5.32 Å². The maximum absolute atomic E-state index is 11.4. The molecule has 0 saturated carbocycles. The van der Waals surface area contributed by atoms with Gasteiger partial charge in [0.15, 0.2) is 0 Å². The first-order valence-corrected chi connectivity index (χ1v) is 6.47. The number of carbonyl (C=O) groups is 1. The Labute approximate surface area is 109 Å². The summed E-state index contributed by atoms with van der Waals surface area (Å²) >= 11 is 1.15. The third-order valence-electron chi connectivity index (χ3n) is 2.35. The Morgan fingerprint density at radius 3 is 2.83 bits per heavy atom. The van der Waals surface area contributed by atoms with Crippen molar-refractivity contribution in [2.75, 3.05) is 11.9 Å². The van der Waals surface area contributed by atoms with Crippen molar-refractivity contribution < 1.29 is 4.79 Å². The van der Waals surface area contributed by atoms with Gasteiger partial charge in [-0.05, 0) is 18.4 Å². The van der Waals surface area contributed by atoms with Gasteiger partial charge in [0, 0.05) is 18.1 Å². The minimum atomic E-state index is -0.236. The average molecular weight is 262 g/mol. The number of anilines is 1. The maximum atomic E-state index is 11.4. The Morgan fingerprint density at radius 1 is 1.28 bits per heavy atom. The molecule has 5 nitrogen and oxygen atoms in total. The molecule has 2 rings (SSSR count). The molecular weight excluding hydrogens is 248 g/mol. The molecule has 94 valence electrons. The molecule has 0 bridgehead atoms. The number of amides is 2. The number of aryl methyl sites for hydroxylation is 1. The predicted molar refractivity (Wildman–Crippen MR) is 71.7 cm³/mol. The van der Waals surface area contributed by atoms with Gasteiger partial charge >= 0.3 is 6.03 Å². The van der Waals surface area contributed by atoms with Crippen LogP contribution in [0.3, 0.4) is 0 Å². The van der Waals surface area contributed by atoms with Crippen molar-refractivity contribution in [2.24, 2.45) is 0 Å². The number of nitrogens with zero attached hydrogens (tertiary/aromatic N) is 2. The minimum absolute atomic E-state index is 0.236. The molecule has 0 aliphatic heterocycles. The summed E-state index contributed by atoms with van der Waals surface area (Å²) in [4.78, 5) is 15.3. The normalized spacial score (nSPS) is 10.0. The number of benzene rings is 1. The van der Waals surface area contributed by atoms with E-state index < -0.39 is 0 Å². The quantitative estimate of drug-likeness (QED) is 0.812. The number of rotatable bonds is 5. The number of urea groups is 1. The van der Waals surface area contributed by atoms with Gasteiger partial charge in [0.2, 0.25) is 5.13 Å². The van der Waals surface area contributed by atoms with Gasteiger partial charge in [-0.2, -0.15) is 4.37 Å². The summed E-state index contributed by atoms with van der Waals surface area (Å²) < 4.78 is 3.80. The van der Waals surface area contributed by atoms with E-state index in [-0.39, 0.29) is 6.03 Å². The molecule has 2 amide bonds. The molecule has 1 aromatic heterocycles. The summed E-state index contributed by atoms with van der Waals surface area (Å²) in [6, 6.07) is 9.97. The molecule has 0 fully saturated rings. The number of hydrogen-bond donors (Lipinski definition) is 2. The molecule has 0 aliphatic carbocycles. The van der Waals surface area contributed by atoms with Crippen molar-refractivity contribution in [3.05, 3.63) is 42.2 Å². The molecule has 0 unspecified atom stereocenters. The van der Waals surface area contributed by atoms with Crippen LogP contribution >= 0.6 is 11.5 Å². The average Bonchev–Trinajstić information content (AvgIpc) is 2.89. The van der Waals surface area contributed by atoms with Gasteiger partial charge in [-0.25, -0.2) is 9.78 Å². The van der Waals surface area contributed by atoms with E-state index in [4.69, 9.17) is 0 Å². The number of hydrogen-bond acceptors (Lipinski definition) is 4. The summed E-state index contributed by atoms with van der Waals surface area (Å²) in [6.07, 6.45) is 3.28. The van der Waals surface area contributed by atoms with Crippen LogP contribution in [-0.2, 0) is 6.42 Å². The second-order valence-electron chi connectivity index (χ2n) is 3.72. The Morgan fingerprint density at radius 2 is 2.11 bits per heavy atom. The topological polar surface area (TPSA) is 66.9 Å². The summed E-state index contributed by atoms with van der Waals surface area (Å²) in [6.45, 7) is 0.638. The van der Waals surface area contributed by atoms with Crippen LogP contribution in [0.4, 0.5) is 9.93 Å². The molecule has 2 aromatic rings. The summed E-state index contributed by atoms with van der Waals surface area (Å²) in [5.41, 5.74) is 1.28. The highest BCUT2D eigenvalue weighted by molar-refractivity contribution is 7.09. The van der Waals surface area contributed by atoms with E-state index in [1.54, 1.807) is 0 Å². The van der Waals surface area contributed by atoms with Crippen molar-refractivity contribution in [1.29, 1.82) is 0 Å². The van der Waals surface area contributed by atoms with Crippen LogP contribution in [-0.4, -0.2) is 21.9 Å². The van der Waals surface area contributed by atoms with Gasteiger partial charge in [-0.3, -0.25) is 5.32 Å². The van der Waals surface area contributed by atoms with E-state index in [0.717, 1.165) is 24.4 Å². The van der Waals surface area contributed by atoms with E-state index in [2.05, 4.69) is 32.1 Å². The van der Waals surface area contributed by atoms with Crippen LogP contribution in [0.2, 0.25) is 0 Å². The van der Waals surface area contributed by atoms with Gasteiger partial charge in [-0.15, -0.1) is 0 Å². The molecule has 0 saturated heterocycles. The van der Waals surface area contributed by atoms with E-state index in [0.29, 0.717) is 11.7 Å². The van der Waals surface area contributed by atoms with E-state index >= 15 is 0 Å². The van der Waals surface area contributed by atoms with Gasteiger partial charge in [0.25, 0.3) is 0 Å². The minimum Gasteiger partial charge on any atom is -0.338 e. The molecule has 2 N–H and O–H groups in total. The summed E-state index contributed by atoms with van der Waals surface area (Å²) in [7, 11) is 0. The highest BCUT2D eigenvalue weighted by Gasteiger charge is 2.02. The lowest BCUT2D eigenvalue weighted by Gasteiger charge is -2.05.